The molecule has 1 saturated heterocycles. The predicted octanol–water partition coefficient (Wildman–Crippen LogP) is 2.01. The number of halogens is 1. The van der Waals surface area contributed by atoms with Gasteiger partial charge in [-0.3, -0.25) is 0 Å². The van der Waals surface area contributed by atoms with Gasteiger partial charge < -0.3 is 5.11 Å². The minimum absolute atomic E-state index is 0.192. The van der Waals surface area contributed by atoms with Crippen molar-refractivity contribution in [3.8, 4) is 0 Å². The van der Waals surface area contributed by atoms with Crippen molar-refractivity contribution in [2.75, 3.05) is 13.1 Å². The second-order valence-electron chi connectivity index (χ2n) is 4.38. The Bertz CT molecular complexity index is 524. The molecular weight excluding hydrogens is 274 g/mol. The fraction of sp³-hybridized carbons (Fsp3) is 0.500. The number of rotatable bonds is 3. The topological polar surface area (TPSA) is 57.6 Å². The van der Waals surface area contributed by atoms with Crippen LogP contribution in [0.15, 0.2) is 23.1 Å². The van der Waals surface area contributed by atoms with Crippen molar-refractivity contribution in [1.82, 2.24) is 4.31 Å². The first kappa shape index (κ1) is 13.8. The summed E-state index contributed by atoms with van der Waals surface area (Å²) in [4.78, 5) is 0.201. The Kier molecular flexibility index (Phi) is 4.27. The van der Waals surface area contributed by atoms with Gasteiger partial charge in [0.2, 0.25) is 10.0 Å². The highest BCUT2D eigenvalue weighted by molar-refractivity contribution is 7.89. The van der Waals surface area contributed by atoms with Crippen LogP contribution in [0.5, 0.6) is 0 Å². The summed E-state index contributed by atoms with van der Waals surface area (Å²) in [6, 6.07) is 4.47. The van der Waals surface area contributed by atoms with Crippen LogP contribution in [0.3, 0.4) is 0 Å². The lowest BCUT2D eigenvalue weighted by Gasteiger charge is -2.26. The van der Waals surface area contributed by atoms with Gasteiger partial charge in [0, 0.05) is 18.1 Å². The van der Waals surface area contributed by atoms with Crippen molar-refractivity contribution in [2.45, 2.75) is 30.8 Å². The van der Waals surface area contributed by atoms with E-state index in [1.54, 1.807) is 6.07 Å². The minimum Gasteiger partial charge on any atom is -0.392 e. The number of aliphatic hydroxyl groups is 1. The van der Waals surface area contributed by atoms with Crippen molar-refractivity contribution >= 4 is 21.6 Å². The van der Waals surface area contributed by atoms with Gasteiger partial charge >= 0.3 is 0 Å². The second kappa shape index (κ2) is 5.57. The maximum absolute atomic E-state index is 12.3. The van der Waals surface area contributed by atoms with E-state index in [-0.39, 0.29) is 16.5 Å². The minimum atomic E-state index is -3.44. The average Bonchev–Trinajstić information content (AvgIpc) is 2.39. The van der Waals surface area contributed by atoms with Crippen molar-refractivity contribution in [3.63, 3.8) is 0 Å². The highest BCUT2D eigenvalue weighted by atomic mass is 35.5. The van der Waals surface area contributed by atoms with Crippen molar-refractivity contribution < 1.29 is 13.5 Å². The summed E-state index contributed by atoms with van der Waals surface area (Å²) in [5.41, 5.74) is 0.536. The van der Waals surface area contributed by atoms with Gasteiger partial charge in [0.05, 0.1) is 11.5 Å². The Hall–Kier alpha value is -0.620. The molecule has 0 aromatic heterocycles. The quantitative estimate of drug-likeness (QED) is 0.926. The summed E-state index contributed by atoms with van der Waals surface area (Å²) < 4.78 is 26.2. The van der Waals surface area contributed by atoms with E-state index in [2.05, 4.69) is 0 Å². The first-order chi connectivity index (χ1) is 8.55. The van der Waals surface area contributed by atoms with Crippen LogP contribution in [0.1, 0.15) is 24.8 Å². The van der Waals surface area contributed by atoms with Gasteiger partial charge in [-0.05, 0) is 30.5 Å². The van der Waals surface area contributed by atoms with Crippen LogP contribution in [0.2, 0.25) is 5.02 Å². The molecule has 6 heteroatoms. The molecule has 0 saturated carbocycles. The zero-order valence-corrected chi connectivity index (χ0v) is 11.5. The van der Waals surface area contributed by atoms with E-state index in [1.807, 2.05) is 0 Å². The van der Waals surface area contributed by atoms with Crippen LogP contribution in [0.25, 0.3) is 0 Å². The van der Waals surface area contributed by atoms with Crippen molar-refractivity contribution in [1.29, 1.82) is 0 Å². The molecule has 100 valence electrons. The Morgan fingerprint density at radius 2 is 1.89 bits per heavy atom. The number of hydrogen-bond acceptors (Lipinski definition) is 3. The largest absolute Gasteiger partial charge is 0.392 e. The monoisotopic (exact) mass is 289 g/mol. The number of nitrogens with zero attached hydrogens (tertiary/aromatic N) is 1. The lowest BCUT2D eigenvalue weighted by Crippen LogP contribution is -2.35. The molecule has 1 heterocycles. The van der Waals surface area contributed by atoms with Crippen LogP contribution < -0.4 is 0 Å². The molecule has 0 unspecified atom stereocenters. The van der Waals surface area contributed by atoms with E-state index in [1.165, 1.54) is 16.4 Å². The summed E-state index contributed by atoms with van der Waals surface area (Å²) in [7, 11) is -3.44. The standard InChI is InChI=1S/C12H16ClNO3S/c13-12-8-11(5-4-10(12)9-15)18(16,17)14-6-2-1-3-7-14/h4-5,8,15H,1-3,6-7,9H2. The molecule has 0 aliphatic carbocycles. The maximum Gasteiger partial charge on any atom is 0.243 e. The van der Waals surface area contributed by atoms with E-state index in [9.17, 15) is 8.42 Å². The third-order valence-corrected chi connectivity index (χ3v) is 5.39. The number of piperidine rings is 1. The van der Waals surface area contributed by atoms with Gasteiger partial charge in [-0.15, -0.1) is 0 Å². The van der Waals surface area contributed by atoms with Crippen LogP contribution in [-0.2, 0) is 16.6 Å². The normalized spacial score (nSPS) is 17.9. The number of hydrogen-bond donors (Lipinski definition) is 1. The van der Waals surface area contributed by atoms with E-state index in [4.69, 9.17) is 16.7 Å². The average molecular weight is 290 g/mol. The summed E-state index contributed by atoms with van der Waals surface area (Å²) in [6.45, 7) is 0.951. The SMILES string of the molecule is O=S(=O)(c1ccc(CO)c(Cl)c1)N1CCCCC1. The van der Waals surface area contributed by atoms with Crippen molar-refractivity contribution in [3.05, 3.63) is 28.8 Å². The molecule has 18 heavy (non-hydrogen) atoms. The van der Waals surface area contributed by atoms with Gasteiger partial charge in [-0.25, -0.2) is 8.42 Å². The van der Waals surface area contributed by atoms with Gasteiger partial charge in [0.15, 0.2) is 0 Å². The third-order valence-electron chi connectivity index (χ3n) is 3.15. The molecule has 2 rings (SSSR count). The highest BCUT2D eigenvalue weighted by Gasteiger charge is 2.26. The van der Waals surface area contributed by atoms with Crippen LogP contribution in [-0.4, -0.2) is 30.9 Å². The molecule has 4 nitrogen and oxygen atoms in total. The maximum atomic E-state index is 12.3. The summed E-state index contributed by atoms with van der Waals surface area (Å²) >= 11 is 5.93. The molecule has 1 N–H and O–H groups in total. The first-order valence-corrected chi connectivity index (χ1v) is 7.77. The van der Waals surface area contributed by atoms with E-state index >= 15 is 0 Å². The number of benzene rings is 1. The van der Waals surface area contributed by atoms with Crippen LogP contribution in [0, 0.1) is 0 Å². The van der Waals surface area contributed by atoms with Gasteiger partial charge in [-0.1, -0.05) is 24.1 Å². The van der Waals surface area contributed by atoms with Crippen LogP contribution >= 0.6 is 11.6 Å². The molecule has 1 fully saturated rings. The summed E-state index contributed by atoms with van der Waals surface area (Å²) in [5.74, 6) is 0. The molecule has 0 atom stereocenters. The zero-order valence-electron chi connectivity index (χ0n) is 9.97. The summed E-state index contributed by atoms with van der Waals surface area (Å²) in [5, 5.41) is 9.30. The van der Waals surface area contributed by atoms with Gasteiger partial charge in [0.1, 0.15) is 0 Å². The molecule has 0 bridgehead atoms. The fourth-order valence-electron chi connectivity index (χ4n) is 2.07. The Labute approximate surface area is 112 Å². The molecule has 1 aromatic carbocycles. The Morgan fingerprint density at radius 3 is 2.44 bits per heavy atom. The van der Waals surface area contributed by atoms with Gasteiger partial charge in [0.25, 0.3) is 0 Å². The first-order valence-electron chi connectivity index (χ1n) is 5.95. The summed E-state index contributed by atoms with van der Waals surface area (Å²) in [6.07, 6.45) is 2.89. The smallest absolute Gasteiger partial charge is 0.243 e. The third kappa shape index (κ3) is 2.69. The molecule has 0 radical (unpaired) electrons. The van der Waals surface area contributed by atoms with Crippen molar-refractivity contribution in [2.24, 2.45) is 0 Å². The Balaban J connectivity index is 2.32. The van der Waals surface area contributed by atoms with Crippen LogP contribution in [0.4, 0.5) is 0 Å². The van der Waals surface area contributed by atoms with Gasteiger partial charge in [-0.2, -0.15) is 4.31 Å². The predicted molar refractivity (Wildman–Crippen MR) is 70.0 cm³/mol. The molecule has 1 aromatic rings. The Morgan fingerprint density at radius 1 is 1.22 bits per heavy atom. The fourth-order valence-corrected chi connectivity index (χ4v) is 3.92. The van der Waals surface area contributed by atoms with E-state index in [0.717, 1.165) is 19.3 Å². The van der Waals surface area contributed by atoms with E-state index < -0.39 is 10.0 Å². The van der Waals surface area contributed by atoms with E-state index in [0.29, 0.717) is 18.7 Å². The molecule has 1 aliphatic rings. The number of sulfonamides is 1. The molecular formula is C12H16ClNO3S. The molecule has 1 aliphatic heterocycles. The lowest BCUT2D eigenvalue weighted by molar-refractivity contribution is 0.282. The number of aliphatic hydroxyl groups excluding tert-OH is 1. The lowest BCUT2D eigenvalue weighted by atomic mass is 10.2. The molecule has 0 spiro atoms. The molecule has 0 amide bonds. The second-order valence-corrected chi connectivity index (χ2v) is 6.72. The highest BCUT2D eigenvalue weighted by Crippen LogP contribution is 2.25. The zero-order chi connectivity index (χ0) is 13.2.